The third-order valence-electron chi connectivity index (χ3n) is 0.478. The monoisotopic (exact) mass is 144 g/mol. The third-order valence-corrected chi connectivity index (χ3v) is 1.43. The molecule has 0 aliphatic heterocycles. The minimum atomic E-state index is -3.64. The van der Waals surface area contributed by atoms with Crippen molar-refractivity contribution in [3.05, 3.63) is 12.4 Å². The molecule has 0 amide bonds. The molecule has 1 unspecified atom stereocenters. The van der Waals surface area contributed by atoms with Crippen LogP contribution >= 0.6 is 7.60 Å². The Morgan fingerprint density at radius 3 is 2.25 bits per heavy atom. The predicted molar refractivity (Wildman–Crippen MR) is 24.8 cm³/mol. The van der Waals surface area contributed by atoms with Crippen LogP contribution in [0.4, 0.5) is 0 Å². The van der Waals surface area contributed by atoms with Crippen LogP contribution in [0.1, 0.15) is 0 Å². The minimum absolute atomic E-state index is 0. The van der Waals surface area contributed by atoms with E-state index in [4.69, 9.17) is 0 Å². The molecule has 0 aromatic heterocycles. The van der Waals surface area contributed by atoms with Gasteiger partial charge in [0.15, 0.2) is 7.60 Å². The van der Waals surface area contributed by atoms with Crippen molar-refractivity contribution in [1.29, 1.82) is 0 Å². The van der Waals surface area contributed by atoms with Gasteiger partial charge in [-0.05, 0) is 5.82 Å². The van der Waals surface area contributed by atoms with Crippen LogP contribution in [0.15, 0.2) is 12.4 Å². The van der Waals surface area contributed by atoms with Crippen molar-refractivity contribution in [2.75, 3.05) is 7.11 Å². The van der Waals surface area contributed by atoms with Gasteiger partial charge in [0.05, 0.1) is 0 Å². The normalized spacial score (nSPS) is 15.8. The van der Waals surface area contributed by atoms with Crippen molar-refractivity contribution in [3.63, 3.8) is 0 Å². The fraction of sp³-hybridized carbons (Fsp3) is 0.333. The van der Waals surface area contributed by atoms with Gasteiger partial charge in [-0.25, -0.2) is 0 Å². The van der Waals surface area contributed by atoms with Gasteiger partial charge < -0.3 is 14.0 Å². The fourth-order valence-electron chi connectivity index (χ4n) is 0.0745. The molecular weight excluding hydrogens is 138 g/mol. The summed E-state index contributed by atoms with van der Waals surface area (Å²) in [5, 5.41) is 0. The molecule has 0 radical (unpaired) electrons. The Kier molecular flexibility index (Phi) is 6.91. The molecule has 0 saturated heterocycles. The molecule has 1 atom stereocenters. The van der Waals surface area contributed by atoms with E-state index in [0.717, 1.165) is 12.9 Å². The van der Waals surface area contributed by atoms with Gasteiger partial charge in [-0.15, -0.1) is 0 Å². The van der Waals surface area contributed by atoms with E-state index in [-0.39, 0.29) is 29.6 Å². The van der Waals surface area contributed by atoms with Crippen LogP contribution in [-0.4, -0.2) is 7.11 Å². The van der Waals surface area contributed by atoms with Crippen LogP contribution in [-0.2, 0) is 9.09 Å². The van der Waals surface area contributed by atoms with E-state index in [9.17, 15) is 9.46 Å². The molecule has 3 nitrogen and oxygen atoms in total. The molecule has 0 fully saturated rings. The van der Waals surface area contributed by atoms with Gasteiger partial charge in [0, 0.05) is 7.11 Å². The summed E-state index contributed by atoms with van der Waals surface area (Å²) in [6.45, 7) is 3.00. The predicted octanol–water partition coefficient (Wildman–Crippen LogP) is -2.67. The van der Waals surface area contributed by atoms with Crippen molar-refractivity contribution in [1.82, 2.24) is 0 Å². The summed E-state index contributed by atoms with van der Waals surface area (Å²) in [6, 6.07) is 0. The van der Waals surface area contributed by atoms with E-state index in [0.29, 0.717) is 0 Å². The van der Waals surface area contributed by atoms with Crippen molar-refractivity contribution < 1.29 is 43.5 Å². The summed E-state index contributed by atoms with van der Waals surface area (Å²) in [6.07, 6.45) is 0. The maximum atomic E-state index is 10.1. The second-order valence-corrected chi connectivity index (χ2v) is 2.71. The minimum Gasteiger partial charge on any atom is -0.775 e. The van der Waals surface area contributed by atoms with Crippen molar-refractivity contribution in [3.8, 4) is 0 Å². The van der Waals surface area contributed by atoms with E-state index < -0.39 is 7.60 Å². The first kappa shape index (κ1) is 11.7. The van der Waals surface area contributed by atoms with E-state index in [2.05, 4.69) is 11.1 Å². The van der Waals surface area contributed by atoms with Gasteiger partial charge in [0.25, 0.3) is 0 Å². The smallest absolute Gasteiger partial charge is 0.775 e. The van der Waals surface area contributed by atoms with Crippen LogP contribution < -0.4 is 34.5 Å². The maximum absolute atomic E-state index is 10.1. The van der Waals surface area contributed by atoms with E-state index in [1.165, 1.54) is 0 Å². The second-order valence-electron chi connectivity index (χ2n) is 0.905. The molecule has 0 aromatic carbocycles. The Morgan fingerprint density at radius 2 is 2.25 bits per heavy atom. The zero-order chi connectivity index (χ0) is 5.91. The number of hydrogen-bond donors (Lipinski definition) is 0. The number of rotatable bonds is 2. The van der Waals surface area contributed by atoms with Gasteiger partial charge >= 0.3 is 29.6 Å². The summed E-state index contributed by atoms with van der Waals surface area (Å²) in [4.78, 5) is 10.1. The van der Waals surface area contributed by atoms with Crippen molar-refractivity contribution >= 4 is 7.60 Å². The summed E-state index contributed by atoms with van der Waals surface area (Å²) >= 11 is 0. The summed E-state index contributed by atoms with van der Waals surface area (Å²) in [5.74, 6) is 0.771. The van der Waals surface area contributed by atoms with Gasteiger partial charge in [-0.2, -0.15) is 0 Å². The Bertz CT molecular complexity index is 113. The van der Waals surface area contributed by atoms with Crippen LogP contribution in [0.2, 0.25) is 0 Å². The summed E-state index contributed by atoms with van der Waals surface area (Å²) < 4.78 is 14.0. The largest absolute Gasteiger partial charge is 1.00 e. The average Bonchev–Trinajstić information content (AvgIpc) is 1.68. The first-order valence-corrected chi connectivity index (χ1v) is 3.23. The SMILES string of the molecule is C=CP(=O)([O-])OC.[Na+]. The van der Waals surface area contributed by atoms with E-state index >= 15 is 0 Å². The standard InChI is InChI=1S/C3H7O3P.Na/c1-3-7(4,5)6-2;/h3H,1H2,2H3,(H,4,5);/q;+1/p-1. The van der Waals surface area contributed by atoms with Gasteiger partial charge in [-0.1, -0.05) is 6.58 Å². The quantitative estimate of drug-likeness (QED) is 0.314. The van der Waals surface area contributed by atoms with Gasteiger partial charge in [-0.3, -0.25) is 0 Å². The van der Waals surface area contributed by atoms with E-state index in [1.54, 1.807) is 0 Å². The Hall–Kier alpha value is 0.890. The molecule has 0 aliphatic rings. The molecule has 0 aliphatic carbocycles. The van der Waals surface area contributed by atoms with Crippen LogP contribution in [0.25, 0.3) is 0 Å². The first-order chi connectivity index (χ1) is 3.12. The van der Waals surface area contributed by atoms with Crippen LogP contribution in [0, 0.1) is 0 Å². The zero-order valence-electron chi connectivity index (χ0n) is 4.96. The van der Waals surface area contributed by atoms with Gasteiger partial charge in [0.2, 0.25) is 0 Å². The Labute approximate surface area is 70.6 Å². The molecule has 0 rings (SSSR count). The fourth-order valence-corrected chi connectivity index (χ4v) is 0.224. The molecule has 8 heavy (non-hydrogen) atoms. The number of hydrogen-bond acceptors (Lipinski definition) is 3. The summed E-state index contributed by atoms with van der Waals surface area (Å²) in [7, 11) is -2.55. The molecule has 5 heteroatoms. The Morgan fingerprint density at radius 1 is 1.88 bits per heavy atom. The van der Waals surface area contributed by atoms with Gasteiger partial charge in [0.1, 0.15) is 0 Å². The first-order valence-electron chi connectivity index (χ1n) is 1.62. The molecule has 0 spiro atoms. The molecule has 0 bridgehead atoms. The second kappa shape index (κ2) is 4.74. The molecular formula is C3H6NaO3P. The van der Waals surface area contributed by atoms with Crippen molar-refractivity contribution in [2.24, 2.45) is 0 Å². The molecule has 0 heterocycles. The van der Waals surface area contributed by atoms with Crippen LogP contribution in [0.5, 0.6) is 0 Å². The average molecular weight is 144 g/mol. The maximum Gasteiger partial charge on any atom is 1.00 e. The summed E-state index contributed by atoms with van der Waals surface area (Å²) in [5.41, 5.74) is 0. The zero-order valence-corrected chi connectivity index (χ0v) is 7.85. The molecule has 0 aromatic rings. The third kappa shape index (κ3) is 5.04. The van der Waals surface area contributed by atoms with E-state index in [1.807, 2.05) is 0 Å². The van der Waals surface area contributed by atoms with Crippen molar-refractivity contribution in [2.45, 2.75) is 0 Å². The molecule has 42 valence electrons. The molecule has 0 N–H and O–H groups in total. The Balaban J connectivity index is 0. The molecule has 0 saturated carbocycles. The topological polar surface area (TPSA) is 49.4 Å². The van der Waals surface area contributed by atoms with Crippen LogP contribution in [0.3, 0.4) is 0 Å².